The van der Waals surface area contributed by atoms with Gasteiger partial charge in [-0.25, -0.2) is 4.98 Å². The van der Waals surface area contributed by atoms with Crippen molar-refractivity contribution >= 4 is 31.0 Å². The van der Waals surface area contributed by atoms with Crippen LogP contribution in [0.4, 0.5) is 26.3 Å². The quantitative estimate of drug-likeness (QED) is 0.462. The van der Waals surface area contributed by atoms with E-state index in [9.17, 15) is 31.1 Å². The number of rotatable bonds is 6. The van der Waals surface area contributed by atoms with Gasteiger partial charge in [0.15, 0.2) is 18.2 Å². The molecule has 2 heterocycles. The van der Waals surface area contributed by atoms with Crippen LogP contribution in [0.1, 0.15) is 34.7 Å². The molecule has 7 nitrogen and oxygen atoms in total. The number of halogens is 7. The lowest BCUT2D eigenvalue weighted by Crippen LogP contribution is -2.29. The predicted octanol–water partition coefficient (Wildman–Crippen LogP) is 4.88. The number of hydrogen-bond donors (Lipinski definition) is 1. The van der Waals surface area contributed by atoms with Crippen LogP contribution in [0.5, 0.6) is 5.88 Å². The molecular weight excluding hydrogens is 512 g/mol. The van der Waals surface area contributed by atoms with Gasteiger partial charge in [-0.2, -0.15) is 54.6 Å². The summed E-state index contributed by atoms with van der Waals surface area (Å²) in [6, 6.07) is 5.56. The first kappa shape index (κ1) is 27.2. The van der Waals surface area contributed by atoms with E-state index in [2.05, 4.69) is 25.1 Å². The molecule has 0 bridgehead atoms. The smallest absolute Gasteiger partial charge is 0.422 e. The van der Waals surface area contributed by atoms with E-state index in [1.165, 1.54) is 25.1 Å². The summed E-state index contributed by atoms with van der Waals surface area (Å²) in [5, 5.41) is 6.15. The number of carbonyl (C=O) groups is 1. The first-order valence-corrected chi connectivity index (χ1v) is 9.47. The van der Waals surface area contributed by atoms with Crippen molar-refractivity contribution in [2.45, 2.75) is 25.3 Å². The molecule has 3 rings (SSSR count). The molecule has 0 fully saturated rings. The van der Waals surface area contributed by atoms with Crippen LogP contribution in [0.2, 0.25) is 5.02 Å². The predicted molar refractivity (Wildman–Crippen MR) is 113 cm³/mol. The Morgan fingerprint density at radius 3 is 2.53 bits per heavy atom. The third-order valence-electron chi connectivity index (χ3n) is 4.11. The Labute approximate surface area is 200 Å². The number of aromatic nitrogens is 4. The SMILES string of the molecule is C[C@H](NC(=O)c1cc(Cl)cc(C(F)(F)F)c1)c1ncnn1-c1cccc(OCC(F)(F)F)n1.S. The lowest BCUT2D eigenvalue weighted by atomic mass is 10.1. The highest BCUT2D eigenvalue weighted by atomic mass is 35.5. The van der Waals surface area contributed by atoms with Crippen LogP contribution in [0.15, 0.2) is 42.7 Å². The number of alkyl halides is 6. The van der Waals surface area contributed by atoms with Gasteiger partial charge in [-0.1, -0.05) is 17.7 Å². The Hall–Kier alpha value is -3.00. The largest absolute Gasteiger partial charge is 0.468 e. The molecule has 1 atom stereocenters. The highest BCUT2D eigenvalue weighted by molar-refractivity contribution is 7.59. The fourth-order valence-electron chi connectivity index (χ4n) is 2.71. The van der Waals surface area contributed by atoms with E-state index in [4.69, 9.17) is 11.6 Å². The highest BCUT2D eigenvalue weighted by Crippen LogP contribution is 2.32. The number of carbonyl (C=O) groups excluding carboxylic acids is 1. The van der Waals surface area contributed by atoms with Gasteiger partial charge in [-0.05, 0) is 31.2 Å². The van der Waals surface area contributed by atoms with Gasteiger partial charge >= 0.3 is 12.4 Å². The Morgan fingerprint density at radius 1 is 1.18 bits per heavy atom. The van der Waals surface area contributed by atoms with Crippen LogP contribution < -0.4 is 10.1 Å². The number of pyridine rings is 1. The van der Waals surface area contributed by atoms with E-state index < -0.39 is 36.5 Å². The third-order valence-corrected chi connectivity index (χ3v) is 4.32. The lowest BCUT2D eigenvalue weighted by molar-refractivity contribution is -0.154. The van der Waals surface area contributed by atoms with Crippen molar-refractivity contribution in [1.82, 2.24) is 25.1 Å². The summed E-state index contributed by atoms with van der Waals surface area (Å²) in [6.45, 7) is -0.0582. The molecule has 0 spiro atoms. The molecule has 2 aromatic heterocycles. The van der Waals surface area contributed by atoms with Gasteiger partial charge in [0.2, 0.25) is 5.88 Å². The number of hydrogen-bond acceptors (Lipinski definition) is 5. The minimum Gasteiger partial charge on any atom is -0.468 e. The summed E-state index contributed by atoms with van der Waals surface area (Å²) in [7, 11) is 0. The van der Waals surface area contributed by atoms with Gasteiger partial charge in [0, 0.05) is 16.7 Å². The molecule has 1 amide bonds. The van der Waals surface area contributed by atoms with Gasteiger partial charge in [-0.15, -0.1) is 0 Å². The highest BCUT2D eigenvalue weighted by Gasteiger charge is 2.32. The molecule has 3 aromatic rings. The van der Waals surface area contributed by atoms with Gasteiger partial charge in [-0.3, -0.25) is 4.79 Å². The molecule has 0 aliphatic heterocycles. The first-order chi connectivity index (χ1) is 15.3. The third kappa shape index (κ3) is 7.00. The van der Waals surface area contributed by atoms with Gasteiger partial charge in [0.05, 0.1) is 11.6 Å². The molecule has 0 unspecified atom stereocenters. The fourth-order valence-corrected chi connectivity index (χ4v) is 2.94. The van der Waals surface area contributed by atoms with Crippen LogP contribution in [0, 0.1) is 0 Å². The van der Waals surface area contributed by atoms with E-state index in [0.29, 0.717) is 12.1 Å². The van der Waals surface area contributed by atoms with Crippen molar-refractivity contribution in [1.29, 1.82) is 0 Å². The summed E-state index contributed by atoms with van der Waals surface area (Å²) in [4.78, 5) is 20.5. The number of nitrogens with one attached hydrogen (secondary N) is 1. The zero-order chi connectivity index (χ0) is 24.4. The van der Waals surface area contributed by atoms with Crippen molar-refractivity contribution in [3.63, 3.8) is 0 Å². The van der Waals surface area contributed by atoms with Crippen LogP contribution in [0.25, 0.3) is 5.82 Å². The van der Waals surface area contributed by atoms with E-state index in [1.54, 1.807) is 0 Å². The van der Waals surface area contributed by atoms with E-state index in [0.717, 1.165) is 17.1 Å². The van der Waals surface area contributed by atoms with Crippen LogP contribution in [-0.4, -0.2) is 38.4 Å². The molecule has 0 aliphatic carbocycles. The molecule has 0 aliphatic rings. The maximum absolute atomic E-state index is 13.0. The standard InChI is InChI=1S/C19H14ClF6N5O2.H2S/c1-10(29-17(32)11-5-12(19(24,25)26)7-13(20)6-11)16-27-9-28-31(16)14-3-2-4-15(30-14)33-8-18(21,22)23;/h2-7,9-10H,8H2,1H3,(H,29,32);1H2/t10-;/m0./s1. The zero-order valence-corrected chi connectivity index (χ0v) is 18.8. The molecule has 34 heavy (non-hydrogen) atoms. The Kier molecular flexibility index (Phi) is 8.42. The Morgan fingerprint density at radius 2 is 1.88 bits per heavy atom. The number of ether oxygens (including phenoxy) is 1. The summed E-state index contributed by atoms with van der Waals surface area (Å²) in [6.07, 6.45) is -8.14. The fraction of sp³-hybridized carbons (Fsp3) is 0.263. The van der Waals surface area contributed by atoms with Crippen LogP contribution in [0.3, 0.4) is 0 Å². The zero-order valence-electron chi connectivity index (χ0n) is 17.1. The first-order valence-electron chi connectivity index (χ1n) is 9.09. The van der Waals surface area contributed by atoms with E-state index >= 15 is 0 Å². The molecule has 0 saturated carbocycles. The van der Waals surface area contributed by atoms with Crippen molar-refractivity contribution in [2.24, 2.45) is 0 Å². The molecule has 15 heteroatoms. The van der Waals surface area contributed by atoms with Gasteiger partial charge in [0.25, 0.3) is 5.91 Å². The van der Waals surface area contributed by atoms with Gasteiger partial charge < -0.3 is 10.1 Å². The second-order valence-corrected chi connectivity index (χ2v) is 7.13. The second kappa shape index (κ2) is 10.5. The molecule has 0 radical (unpaired) electrons. The molecule has 1 aromatic carbocycles. The summed E-state index contributed by atoms with van der Waals surface area (Å²) < 4.78 is 81.9. The van der Waals surface area contributed by atoms with Crippen molar-refractivity contribution in [3.05, 3.63) is 64.7 Å². The molecular formula is C19H16ClF6N5O2S. The molecule has 184 valence electrons. The monoisotopic (exact) mass is 527 g/mol. The van der Waals surface area contributed by atoms with Gasteiger partial charge in [0.1, 0.15) is 6.33 Å². The lowest BCUT2D eigenvalue weighted by Gasteiger charge is -2.16. The Balaban J connectivity index is 0.00000408. The maximum atomic E-state index is 13.0. The second-order valence-electron chi connectivity index (χ2n) is 6.69. The van der Waals surface area contributed by atoms with Crippen LogP contribution >= 0.6 is 25.1 Å². The van der Waals surface area contributed by atoms with Crippen molar-refractivity contribution in [3.8, 4) is 11.7 Å². The average Bonchev–Trinajstić information content (AvgIpc) is 3.21. The summed E-state index contributed by atoms with van der Waals surface area (Å²) in [5.74, 6) is -1.02. The summed E-state index contributed by atoms with van der Waals surface area (Å²) in [5.41, 5.74) is -1.41. The van der Waals surface area contributed by atoms with Crippen molar-refractivity contribution in [2.75, 3.05) is 6.61 Å². The minimum absolute atomic E-state index is 0. The number of nitrogens with zero attached hydrogens (tertiary/aromatic N) is 4. The molecule has 0 saturated heterocycles. The van der Waals surface area contributed by atoms with Crippen LogP contribution in [-0.2, 0) is 6.18 Å². The van der Waals surface area contributed by atoms with E-state index in [-0.39, 0.29) is 41.6 Å². The maximum Gasteiger partial charge on any atom is 0.422 e. The minimum atomic E-state index is -4.70. The topological polar surface area (TPSA) is 81.9 Å². The Bertz CT molecular complexity index is 1150. The number of benzene rings is 1. The summed E-state index contributed by atoms with van der Waals surface area (Å²) >= 11 is 5.71. The van der Waals surface area contributed by atoms with E-state index in [1.807, 2.05) is 0 Å². The van der Waals surface area contributed by atoms with Crippen molar-refractivity contribution < 1.29 is 35.9 Å². The normalized spacial score (nSPS) is 12.6. The number of amides is 1. The molecule has 1 N–H and O–H groups in total. The average molecular weight is 528 g/mol.